The largest absolute Gasteiger partial charge is 0.444 e. The summed E-state index contributed by atoms with van der Waals surface area (Å²) in [6, 6.07) is 0. The number of carbonyl (C=O) groups excluding carboxylic acids is 3. The van der Waals surface area contributed by atoms with E-state index in [2.05, 4.69) is 0 Å². The smallest absolute Gasteiger partial charge is 0.410 e. The molecule has 0 radical (unpaired) electrons. The molecule has 1 saturated carbocycles. The van der Waals surface area contributed by atoms with Crippen molar-refractivity contribution in [2.24, 2.45) is 17.3 Å². The molecule has 0 unspecified atom stereocenters. The minimum absolute atomic E-state index is 0.0942. The Labute approximate surface area is 205 Å². The summed E-state index contributed by atoms with van der Waals surface area (Å²) in [7, 11) is 1.79. The van der Waals surface area contributed by atoms with Crippen LogP contribution < -0.4 is 0 Å². The number of hydrogen-bond acceptors (Lipinski definition) is 5. The van der Waals surface area contributed by atoms with Gasteiger partial charge in [0.05, 0.1) is 0 Å². The van der Waals surface area contributed by atoms with Crippen LogP contribution in [0.3, 0.4) is 0 Å². The maximum absolute atomic E-state index is 13.2. The summed E-state index contributed by atoms with van der Waals surface area (Å²) >= 11 is 0. The van der Waals surface area contributed by atoms with Crippen molar-refractivity contribution >= 4 is 18.1 Å². The van der Waals surface area contributed by atoms with Crippen LogP contribution in [-0.4, -0.2) is 83.8 Å². The van der Waals surface area contributed by atoms with Crippen molar-refractivity contribution in [2.75, 3.05) is 39.8 Å². The third-order valence-electron chi connectivity index (χ3n) is 7.27. The highest BCUT2D eigenvalue weighted by atomic mass is 16.6. The molecule has 3 amide bonds. The first-order chi connectivity index (χ1) is 15.7. The van der Waals surface area contributed by atoms with E-state index >= 15 is 0 Å². The molecule has 194 valence electrons. The number of nitrogens with zero attached hydrogens (tertiary/aromatic N) is 3. The Morgan fingerprint density at radius 2 is 1.38 bits per heavy atom. The number of carbonyl (C=O) groups is 3. The number of ether oxygens (including phenoxy) is 2. The van der Waals surface area contributed by atoms with Gasteiger partial charge >= 0.3 is 12.2 Å². The normalized spacial score (nSPS) is 24.9. The van der Waals surface area contributed by atoms with Gasteiger partial charge in [0.25, 0.3) is 0 Å². The lowest BCUT2D eigenvalue weighted by Crippen LogP contribution is -2.63. The highest BCUT2D eigenvalue weighted by Crippen LogP contribution is 2.42. The third-order valence-corrected chi connectivity index (χ3v) is 7.27. The van der Waals surface area contributed by atoms with Crippen LogP contribution in [-0.2, 0) is 14.3 Å². The maximum Gasteiger partial charge on any atom is 0.410 e. The molecular formula is C26H45N3O5. The van der Waals surface area contributed by atoms with Crippen molar-refractivity contribution < 1.29 is 23.9 Å². The molecule has 0 aromatic carbocycles. The summed E-state index contributed by atoms with van der Waals surface area (Å²) in [5.41, 5.74) is -0.812. The first kappa shape index (κ1) is 26.6. The summed E-state index contributed by atoms with van der Waals surface area (Å²) in [4.78, 5) is 43.1. The van der Waals surface area contributed by atoms with E-state index in [1.54, 1.807) is 16.8 Å². The Hall–Kier alpha value is -1.99. The molecule has 2 saturated heterocycles. The molecule has 1 aliphatic carbocycles. The summed E-state index contributed by atoms with van der Waals surface area (Å²) in [6.45, 7) is 15.0. The summed E-state index contributed by atoms with van der Waals surface area (Å²) in [5.74, 6) is 0.800. The minimum atomic E-state index is -0.490. The molecule has 0 aromatic heterocycles. The lowest BCUT2D eigenvalue weighted by atomic mass is 9.72. The van der Waals surface area contributed by atoms with Crippen LogP contribution in [0, 0.1) is 17.3 Å². The van der Waals surface area contributed by atoms with Gasteiger partial charge in [0, 0.05) is 51.1 Å². The predicted octanol–water partition coefficient (Wildman–Crippen LogP) is 4.52. The SMILES string of the molecule is CN(CC1CCC(C(=O)N2CCC3(CC2)CN(C(=O)OC(C)(C)C)C3)CC1)C(=O)OC(C)(C)C. The summed E-state index contributed by atoms with van der Waals surface area (Å²) in [5, 5.41) is 0. The molecule has 3 fully saturated rings. The highest BCUT2D eigenvalue weighted by molar-refractivity contribution is 5.79. The molecule has 34 heavy (non-hydrogen) atoms. The van der Waals surface area contributed by atoms with Crippen molar-refractivity contribution in [3.8, 4) is 0 Å². The average Bonchev–Trinajstić information content (AvgIpc) is 2.69. The lowest BCUT2D eigenvalue weighted by molar-refractivity contribution is -0.141. The molecule has 3 rings (SSSR count). The molecule has 0 aromatic rings. The van der Waals surface area contributed by atoms with Gasteiger partial charge in [-0.2, -0.15) is 0 Å². The predicted molar refractivity (Wildman–Crippen MR) is 130 cm³/mol. The molecule has 3 aliphatic rings. The molecule has 0 bridgehead atoms. The zero-order valence-electron chi connectivity index (χ0n) is 22.3. The molecule has 8 nitrogen and oxygen atoms in total. The fourth-order valence-electron chi connectivity index (χ4n) is 5.39. The zero-order valence-corrected chi connectivity index (χ0v) is 22.3. The Morgan fingerprint density at radius 1 is 0.853 bits per heavy atom. The summed E-state index contributed by atoms with van der Waals surface area (Å²) in [6.07, 6.45) is 5.10. The number of amides is 3. The Kier molecular flexibility index (Phi) is 7.78. The second-order valence-corrected chi connectivity index (χ2v) is 12.7. The van der Waals surface area contributed by atoms with E-state index in [9.17, 15) is 14.4 Å². The Bertz CT molecular complexity index is 745. The maximum atomic E-state index is 13.2. The minimum Gasteiger partial charge on any atom is -0.444 e. The average molecular weight is 480 g/mol. The molecule has 2 heterocycles. The van der Waals surface area contributed by atoms with Crippen molar-refractivity contribution in [3.05, 3.63) is 0 Å². The fourth-order valence-corrected chi connectivity index (χ4v) is 5.39. The van der Waals surface area contributed by atoms with Crippen LogP contribution in [0.5, 0.6) is 0 Å². The van der Waals surface area contributed by atoms with Gasteiger partial charge < -0.3 is 24.2 Å². The van der Waals surface area contributed by atoms with Gasteiger partial charge in [0.2, 0.25) is 5.91 Å². The van der Waals surface area contributed by atoms with Gasteiger partial charge in [0.1, 0.15) is 11.2 Å². The van der Waals surface area contributed by atoms with E-state index in [0.29, 0.717) is 12.5 Å². The number of piperidine rings is 1. The second kappa shape index (κ2) is 9.94. The highest BCUT2D eigenvalue weighted by Gasteiger charge is 2.48. The molecule has 2 aliphatic heterocycles. The summed E-state index contributed by atoms with van der Waals surface area (Å²) < 4.78 is 10.9. The van der Waals surface area contributed by atoms with Crippen LogP contribution >= 0.6 is 0 Å². The van der Waals surface area contributed by atoms with E-state index in [-0.39, 0.29) is 29.4 Å². The van der Waals surface area contributed by atoms with Gasteiger partial charge in [-0.25, -0.2) is 9.59 Å². The van der Waals surface area contributed by atoms with Crippen molar-refractivity contribution in [1.29, 1.82) is 0 Å². The second-order valence-electron chi connectivity index (χ2n) is 12.7. The molecule has 8 heteroatoms. The number of likely N-dealkylation sites (tertiary alicyclic amines) is 2. The van der Waals surface area contributed by atoms with Crippen LogP contribution in [0.4, 0.5) is 9.59 Å². The van der Waals surface area contributed by atoms with E-state index < -0.39 is 11.2 Å². The van der Waals surface area contributed by atoms with Crippen molar-refractivity contribution in [1.82, 2.24) is 14.7 Å². The Balaban J connectivity index is 1.37. The van der Waals surface area contributed by atoms with E-state index in [1.807, 2.05) is 46.4 Å². The van der Waals surface area contributed by atoms with E-state index in [1.165, 1.54) is 0 Å². The Morgan fingerprint density at radius 3 is 1.88 bits per heavy atom. The van der Waals surface area contributed by atoms with Crippen LogP contribution in [0.2, 0.25) is 0 Å². The van der Waals surface area contributed by atoms with Crippen LogP contribution in [0.25, 0.3) is 0 Å². The van der Waals surface area contributed by atoms with Gasteiger partial charge in [0.15, 0.2) is 0 Å². The number of hydrogen-bond donors (Lipinski definition) is 0. The monoisotopic (exact) mass is 479 g/mol. The zero-order chi connectivity index (χ0) is 25.3. The van der Waals surface area contributed by atoms with Crippen LogP contribution in [0.1, 0.15) is 80.1 Å². The van der Waals surface area contributed by atoms with Crippen molar-refractivity contribution in [3.63, 3.8) is 0 Å². The number of rotatable bonds is 3. The van der Waals surface area contributed by atoms with Crippen LogP contribution in [0.15, 0.2) is 0 Å². The lowest BCUT2D eigenvalue weighted by Gasteiger charge is -2.53. The molecular weight excluding hydrogens is 434 g/mol. The molecule has 1 spiro atoms. The topological polar surface area (TPSA) is 79.4 Å². The van der Waals surface area contributed by atoms with Gasteiger partial charge in [-0.3, -0.25) is 4.79 Å². The van der Waals surface area contributed by atoms with Gasteiger partial charge in [-0.1, -0.05) is 0 Å². The van der Waals surface area contributed by atoms with E-state index in [4.69, 9.17) is 9.47 Å². The van der Waals surface area contributed by atoms with Gasteiger partial charge in [-0.15, -0.1) is 0 Å². The fraction of sp³-hybridized carbons (Fsp3) is 0.885. The molecule has 0 N–H and O–H groups in total. The first-order valence-corrected chi connectivity index (χ1v) is 12.9. The van der Waals surface area contributed by atoms with E-state index in [0.717, 1.165) is 64.7 Å². The van der Waals surface area contributed by atoms with Gasteiger partial charge in [-0.05, 0) is 86.0 Å². The molecule has 0 atom stereocenters. The third kappa shape index (κ3) is 7.01. The van der Waals surface area contributed by atoms with Crippen molar-refractivity contribution in [2.45, 2.75) is 91.3 Å². The first-order valence-electron chi connectivity index (χ1n) is 12.9. The standard InChI is InChI=1S/C26H45N3O5/c1-24(2,3)33-22(31)27(7)16-19-8-10-20(11-9-19)21(30)28-14-12-26(13-15-28)17-29(18-26)23(32)34-25(4,5)6/h19-20H,8-18H2,1-7H3. The quantitative estimate of drug-likeness (QED) is 0.595.